The standard InChI is InChI=1S/C17H22Cl2N2O/c18-14-6-7-16(15(19)12-14)20-11-9-17(22)21-10-8-13-4-2-1-3-5-13/h4,6-7,12,20H,1-3,5,8-11H2,(H,21,22). The van der Waals surface area contributed by atoms with Crippen molar-refractivity contribution in [3.8, 4) is 0 Å². The van der Waals surface area contributed by atoms with Crippen molar-refractivity contribution in [1.29, 1.82) is 0 Å². The van der Waals surface area contributed by atoms with Gasteiger partial charge in [-0.1, -0.05) is 34.9 Å². The molecule has 1 aromatic carbocycles. The van der Waals surface area contributed by atoms with E-state index < -0.39 is 0 Å². The number of carbonyl (C=O) groups excluding carboxylic acids is 1. The molecule has 0 heterocycles. The first kappa shape index (κ1) is 17.2. The highest BCUT2D eigenvalue weighted by molar-refractivity contribution is 6.36. The Kier molecular flexibility index (Phi) is 7.07. The summed E-state index contributed by atoms with van der Waals surface area (Å²) in [5.74, 6) is 0.0639. The second-order valence-corrected chi connectivity index (χ2v) is 6.35. The topological polar surface area (TPSA) is 41.1 Å². The van der Waals surface area contributed by atoms with Crippen LogP contribution in [0.25, 0.3) is 0 Å². The lowest BCUT2D eigenvalue weighted by atomic mass is 9.97. The average molecular weight is 341 g/mol. The van der Waals surface area contributed by atoms with E-state index in [0.717, 1.165) is 18.7 Å². The highest BCUT2D eigenvalue weighted by Crippen LogP contribution is 2.25. The molecule has 0 unspecified atom stereocenters. The third-order valence-electron chi connectivity index (χ3n) is 3.75. The first-order chi connectivity index (χ1) is 10.6. The predicted molar refractivity (Wildman–Crippen MR) is 93.7 cm³/mol. The lowest BCUT2D eigenvalue weighted by Gasteiger charge is -2.13. The minimum atomic E-state index is 0.0639. The Bertz CT molecular complexity index is 543. The number of halogens is 2. The molecule has 0 aromatic heterocycles. The molecule has 2 N–H and O–H groups in total. The van der Waals surface area contributed by atoms with Gasteiger partial charge >= 0.3 is 0 Å². The first-order valence-corrected chi connectivity index (χ1v) is 8.54. The summed E-state index contributed by atoms with van der Waals surface area (Å²) in [4.78, 5) is 11.8. The molecular formula is C17H22Cl2N2O. The van der Waals surface area contributed by atoms with Crippen LogP contribution in [0, 0.1) is 0 Å². The van der Waals surface area contributed by atoms with Gasteiger partial charge in [-0.2, -0.15) is 0 Å². The zero-order chi connectivity index (χ0) is 15.8. The molecule has 0 atom stereocenters. The summed E-state index contributed by atoms with van der Waals surface area (Å²) < 4.78 is 0. The van der Waals surface area contributed by atoms with E-state index in [1.165, 1.54) is 31.3 Å². The number of anilines is 1. The Labute approximate surface area is 142 Å². The van der Waals surface area contributed by atoms with Gasteiger partial charge in [-0.05, 0) is 50.3 Å². The molecule has 1 aliphatic carbocycles. The number of hydrogen-bond donors (Lipinski definition) is 2. The quantitative estimate of drug-likeness (QED) is 0.699. The van der Waals surface area contributed by atoms with Crippen LogP contribution in [0.15, 0.2) is 29.8 Å². The van der Waals surface area contributed by atoms with Crippen LogP contribution in [0.5, 0.6) is 0 Å². The summed E-state index contributed by atoms with van der Waals surface area (Å²) in [6.45, 7) is 1.28. The number of nitrogens with one attached hydrogen (secondary N) is 2. The van der Waals surface area contributed by atoms with Gasteiger partial charge in [0.15, 0.2) is 0 Å². The van der Waals surface area contributed by atoms with Gasteiger partial charge in [0, 0.05) is 24.5 Å². The van der Waals surface area contributed by atoms with Crippen molar-refractivity contribution in [1.82, 2.24) is 5.32 Å². The summed E-state index contributed by atoms with van der Waals surface area (Å²) in [5, 5.41) is 7.28. The molecule has 0 aliphatic heterocycles. The maximum atomic E-state index is 11.8. The van der Waals surface area contributed by atoms with Crippen LogP contribution < -0.4 is 10.6 Å². The zero-order valence-electron chi connectivity index (χ0n) is 12.6. The normalized spacial score (nSPS) is 14.4. The molecule has 1 aliphatic rings. The summed E-state index contributed by atoms with van der Waals surface area (Å²) in [6.07, 6.45) is 8.68. The SMILES string of the molecule is O=C(CCNc1ccc(Cl)cc1Cl)NCCC1=CCCCC1. The van der Waals surface area contributed by atoms with Crippen molar-refractivity contribution in [2.45, 2.75) is 38.5 Å². The Morgan fingerprint density at radius 2 is 2.05 bits per heavy atom. The van der Waals surface area contributed by atoms with Crippen molar-refractivity contribution in [2.75, 3.05) is 18.4 Å². The summed E-state index contributed by atoms with van der Waals surface area (Å²) in [5.41, 5.74) is 2.28. The summed E-state index contributed by atoms with van der Waals surface area (Å²) in [7, 11) is 0. The van der Waals surface area contributed by atoms with E-state index >= 15 is 0 Å². The second-order valence-electron chi connectivity index (χ2n) is 5.51. The molecule has 5 heteroatoms. The van der Waals surface area contributed by atoms with Gasteiger partial charge in [0.05, 0.1) is 10.7 Å². The van der Waals surface area contributed by atoms with Crippen molar-refractivity contribution in [3.05, 3.63) is 39.9 Å². The van der Waals surface area contributed by atoms with E-state index in [9.17, 15) is 4.79 Å². The van der Waals surface area contributed by atoms with Crippen LogP contribution in [0.2, 0.25) is 10.0 Å². The van der Waals surface area contributed by atoms with Crippen LogP contribution in [0.4, 0.5) is 5.69 Å². The van der Waals surface area contributed by atoms with Crippen LogP contribution in [0.1, 0.15) is 38.5 Å². The monoisotopic (exact) mass is 340 g/mol. The van der Waals surface area contributed by atoms with E-state index in [4.69, 9.17) is 23.2 Å². The molecule has 3 nitrogen and oxygen atoms in total. The van der Waals surface area contributed by atoms with E-state index in [0.29, 0.717) is 23.0 Å². The first-order valence-electron chi connectivity index (χ1n) is 7.78. The van der Waals surface area contributed by atoms with Gasteiger partial charge in [0.25, 0.3) is 0 Å². The van der Waals surface area contributed by atoms with Gasteiger partial charge in [-0.15, -0.1) is 0 Å². The van der Waals surface area contributed by atoms with Gasteiger partial charge in [0.2, 0.25) is 5.91 Å². The molecule has 0 radical (unpaired) electrons. The fourth-order valence-electron chi connectivity index (χ4n) is 2.53. The molecule has 0 saturated heterocycles. The molecule has 0 spiro atoms. The second kappa shape index (κ2) is 9.06. The number of hydrogen-bond acceptors (Lipinski definition) is 2. The van der Waals surface area contributed by atoms with Crippen LogP contribution in [-0.2, 0) is 4.79 Å². The predicted octanol–water partition coefficient (Wildman–Crippen LogP) is 4.80. The third-order valence-corrected chi connectivity index (χ3v) is 4.30. The Morgan fingerprint density at radius 1 is 1.18 bits per heavy atom. The average Bonchev–Trinajstić information content (AvgIpc) is 2.50. The van der Waals surface area contributed by atoms with Gasteiger partial charge in [-0.3, -0.25) is 4.79 Å². The van der Waals surface area contributed by atoms with Crippen molar-refractivity contribution in [2.24, 2.45) is 0 Å². The smallest absolute Gasteiger partial charge is 0.221 e. The Morgan fingerprint density at radius 3 is 2.77 bits per heavy atom. The Balaban J connectivity index is 1.62. The van der Waals surface area contributed by atoms with E-state index in [1.807, 2.05) is 6.07 Å². The lowest BCUT2D eigenvalue weighted by molar-refractivity contribution is -0.120. The maximum absolute atomic E-state index is 11.8. The molecule has 0 fully saturated rings. The molecule has 22 heavy (non-hydrogen) atoms. The van der Waals surface area contributed by atoms with Crippen LogP contribution in [-0.4, -0.2) is 19.0 Å². The molecule has 0 saturated carbocycles. The van der Waals surface area contributed by atoms with Crippen molar-refractivity contribution >= 4 is 34.8 Å². The largest absolute Gasteiger partial charge is 0.383 e. The molecule has 0 bridgehead atoms. The highest BCUT2D eigenvalue weighted by atomic mass is 35.5. The fourth-order valence-corrected chi connectivity index (χ4v) is 3.00. The minimum Gasteiger partial charge on any atom is -0.383 e. The molecule has 1 aromatic rings. The van der Waals surface area contributed by atoms with Crippen LogP contribution >= 0.6 is 23.2 Å². The number of benzene rings is 1. The van der Waals surface area contributed by atoms with Gasteiger partial charge < -0.3 is 10.6 Å². The van der Waals surface area contributed by atoms with Crippen LogP contribution in [0.3, 0.4) is 0 Å². The summed E-state index contributed by atoms with van der Waals surface area (Å²) in [6, 6.07) is 5.27. The zero-order valence-corrected chi connectivity index (χ0v) is 14.1. The number of carbonyl (C=O) groups is 1. The fraction of sp³-hybridized carbons (Fsp3) is 0.471. The molecule has 1 amide bonds. The van der Waals surface area contributed by atoms with E-state index in [2.05, 4.69) is 16.7 Å². The van der Waals surface area contributed by atoms with Gasteiger partial charge in [-0.25, -0.2) is 0 Å². The maximum Gasteiger partial charge on any atom is 0.221 e. The Hall–Kier alpha value is -1.19. The minimum absolute atomic E-state index is 0.0639. The third kappa shape index (κ3) is 5.90. The van der Waals surface area contributed by atoms with Gasteiger partial charge in [0.1, 0.15) is 0 Å². The summed E-state index contributed by atoms with van der Waals surface area (Å²) >= 11 is 11.9. The van der Waals surface area contributed by atoms with E-state index in [1.54, 1.807) is 12.1 Å². The highest BCUT2D eigenvalue weighted by Gasteiger charge is 2.06. The molecule has 2 rings (SSSR count). The number of rotatable bonds is 7. The van der Waals surface area contributed by atoms with E-state index in [-0.39, 0.29) is 5.91 Å². The lowest BCUT2D eigenvalue weighted by Crippen LogP contribution is -2.26. The molecule has 120 valence electrons. The number of amides is 1. The molecular weight excluding hydrogens is 319 g/mol. The number of allylic oxidation sites excluding steroid dienone is 1. The van der Waals surface area contributed by atoms with Crippen molar-refractivity contribution in [3.63, 3.8) is 0 Å². The van der Waals surface area contributed by atoms with Crippen molar-refractivity contribution < 1.29 is 4.79 Å².